The first-order valence-electron chi connectivity index (χ1n) is 8.86. The first kappa shape index (κ1) is 17.5. The molecule has 0 aliphatic carbocycles. The molecule has 0 radical (unpaired) electrons. The molecule has 1 atom stereocenters. The van der Waals surface area contributed by atoms with E-state index in [1.54, 1.807) is 0 Å². The van der Waals surface area contributed by atoms with Crippen molar-refractivity contribution in [1.29, 1.82) is 0 Å². The smallest absolute Gasteiger partial charge is 0.316 e. The van der Waals surface area contributed by atoms with Gasteiger partial charge < -0.3 is 14.2 Å². The number of ether oxygens (including phenoxy) is 1. The summed E-state index contributed by atoms with van der Waals surface area (Å²) in [7, 11) is 0. The standard InChI is InChI=1S/C20H19ClN4O2/c21-16-12-22-20(23-13-16)27-18-4-3-11-25(14-18)19(26)15-5-7-17(8-6-15)24-9-1-2-10-24/h1-2,5-10,12-13,18H,3-4,11,14H2/t18-/m0/s1. The third-order valence-electron chi connectivity index (χ3n) is 4.55. The molecule has 0 saturated carbocycles. The summed E-state index contributed by atoms with van der Waals surface area (Å²) in [6, 6.07) is 11.9. The van der Waals surface area contributed by atoms with Gasteiger partial charge >= 0.3 is 6.01 Å². The summed E-state index contributed by atoms with van der Waals surface area (Å²) in [4.78, 5) is 22.8. The van der Waals surface area contributed by atoms with Crippen LogP contribution >= 0.6 is 11.6 Å². The predicted octanol–water partition coefficient (Wildman–Crippen LogP) is 3.60. The summed E-state index contributed by atoms with van der Waals surface area (Å²) in [5, 5.41) is 0.464. The maximum absolute atomic E-state index is 12.9. The Balaban J connectivity index is 1.41. The molecule has 1 aliphatic heterocycles. The normalized spacial score (nSPS) is 16.9. The highest BCUT2D eigenvalue weighted by molar-refractivity contribution is 6.30. The molecule has 0 bridgehead atoms. The summed E-state index contributed by atoms with van der Waals surface area (Å²) in [6.07, 6.45) is 8.57. The van der Waals surface area contributed by atoms with Crippen LogP contribution in [0.2, 0.25) is 5.02 Å². The minimum atomic E-state index is -0.122. The monoisotopic (exact) mass is 382 g/mol. The molecule has 7 heteroatoms. The number of likely N-dealkylation sites (tertiary alicyclic amines) is 1. The number of piperidine rings is 1. The number of rotatable bonds is 4. The molecule has 138 valence electrons. The molecule has 1 amide bonds. The summed E-state index contributed by atoms with van der Waals surface area (Å²) < 4.78 is 7.82. The number of amides is 1. The Kier molecular flexibility index (Phi) is 5.07. The zero-order chi connectivity index (χ0) is 18.6. The van der Waals surface area contributed by atoms with Crippen molar-refractivity contribution in [3.05, 3.63) is 71.8 Å². The highest BCUT2D eigenvalue weighted by atomic mass is 35.5. The first-order chi connectivity index (χ1) is 13.2. The molecule has 1 aromatic carbocycles. The van der Waals surface area contributed by atoms with Gasteiger partial charge in [-0.25, -0.2) is 9.97 Å². The van der Waals surface area contributed by atoms with Gasteiger partial charge in [0.15, 0.2) is 0 Å². The zero-order valence-electron chi connectivity index (χ0n) is 14.7. The van der Waals surface area contributed by atoms with Crippen LogP contribution in [0.4, 0.5) is 0 Å². The Hall–Kier alpha value is -2.86. The SMILES string of the molecule is O=C(c1ccc(-n2cccc2)cc1)N1CCC[C@H](Oc2ncc(Cl)cn2)C1. The minimum absolute atomic E-state index is 0.0133. The number of halogens is 1. The van der Waals surface area contributed by atoms with Crippen molar-refractivity contribution in [1.82, 2.24) is 19.4 Å². The second-order valence-electron chi connectivity index (χ2n) is 6.45. The number of carbonyl (C=O) groups excluding carboxylic acids is 1. The van der Waals surface area contributed by atoms with E-state index in [0.29, 0.717) is 17.1 Å². The quantitative estimate of drug-likeness (QED) is 0.691. The van der Waals surface area contributed by atoms with E-state index in [-0.39, 0.29) is 18.0 Å². The van der Waals surface area contributed by atoms with Gasteiger partial charge in [0.25, 0.3) is 5.91 Å². The lowest BCUT2D eigenvalue weighted by Crippen LogP contribution is -2.44. The fourth-order valence-corrected chi connectivity index (χ4v) is 3.29. The molecule has 1 aliphatic rings. The number of hydrogen-bond acceptors (Lipinski definition) is 4. The maximum atomic E-state index is 12.9. The van der Waals surface area contributed by atoms with Crippen LogP contribution in [0, 0.1) is 0 Å². The number of carbonyl (C=O) groups is 1. The molecule has 0 unspecified atom stereocenters. The minimum Gasteiger partial charge on any atom is -0.458 e. The van der Waals surface area contributed by atoms with Crippen LogP contribution in [0.1, 0.15) is 23.2 Å². The lowest BCUT2D eigenvalue weighted by molar-refractivity contribution is 0.0516. The van der Waals surface area contributed by atoms with E-state index in [1.807, 2.05) is 58.3 Å². The highest BCUT2D eigenvalue weighted by Gasteiger charge is 2.26. The maximum Gasteiger partial charge on any atom is 0.316 e. The number of aromatic nitrogens is 3. The molecule has 4 rings (SSSR count). The molecule has 6 nitrogen and oxygen atoms in total. The highest BCUT2D eigenvalue weighted by Crippen LogP contribution is 2.19. The van der Waals surface area contributed by atoms with Crippen molar-refractivity contribution in [2.24, 2.45) is 0 Å². The fraction of sp³-hybridized carbons (Fsp3) is 0.250. The van der Waals surface area contributed by atoms with E-state index in [4.69, 9.17) is 16.3 Å². The molecular formula is C20H19ClN4O2. The second-order valence-corrected chi connectivity index (χ2v) is 6.89. The van der Waals surface area contributed by atoms with Crippen LogP contribution in [-0.2, 0) is 0 Å². The van der Waals surface area contributed by atoms with Crippen LogP contribution < -0.4 is 4.74 Å². The van der Waals surface area contributed by atoms with Gasteiger partial charge in [-0.05, 0) is 49.2 Å². The van der Waals surface area contributed by atoms with E-state index < -0.39 is 0 Å². The Bertz CT molecular complexity index is 895. The van der Waals surface area contributed by atoms with Gasteiger partial charge in [-0.1, -0.05) is 11.6 Å². The van der Waals surface area contributed by atoms with Gasteiger partial charge in [-0.15, -0.1) is 0 Å². The summed E-state index contributed by atoms with van der Waals surface area (Å²) in [6.45, 7) is 1.24. The second kappa shape index (κ2) is 7.80. The Labute approximate surface area is 162 Å². The molecule has 3 heterocycles. The van der Waals surface area contributed by atoms with Crippen molar-refractivity contribution in [2.75, 3.05) is 13.1 Å². The third kappa shape index (κ3) is 4.11. The van der Waals surface area contributed by atoms with Crippen molar-refractivity contribution in [3.8, 4) is 11.7 Å². The zero-order valence-corrected chi connectivity index (χ0v) is 15.4. The molecule has 0 spiro atoms. The van der Waals surface area contributed by atoms with E-state index in [2.05, 4.69) is 9.97 Å². The van der Waals surface area contributed by atoms with Gasteiger partial charge in [0.2, 0.25) is 0 Å². The van der Waals surface area contributed by atoms with Crippen molar-refractivity contribution >= 4 is 17.5 Å². The number of hydrogen-bond donors (Lipinski definition) is 0. The van der Waals surface area contributed by atoms with E-state index >= 15 is 0 Å². The largest absolute Gasteiger partial charge is 0.458 e. The van der Waals surface area contributed by atoms with Crippen LogP contribution in [0.15, 0.2) is 61.2 Å². The average molecular weight is 383 g/mol. The third-order valence-corrected chi connectivity index (χ3v) is 4.75. The van der Waals surface area contributed by atoms with Gasteiger partial charge in [0, 0.05) is 30.2 Å². The van der Waals surface area contributed by atoms with E-state index in [9.17, 15) is 4.79 Å². The van der Waals surface area contributed by atoms with Crippen LogP contribution in [0.5, 0.6) is 6.01 Å². The van der Waals surface area contributed by atoms with Gasteiger partial charge in [0.05, 0.1) is 24.0 Å². The molecule has 27 heavy (non-hydrogen) atoms. The molecule has 1 fully saturated rings. The van der Waals surface area contributed by atoms with Crippen LogP contribution in [0.25, 0.3) is 5.69 Å². The predicted molar refractivity (Wildman–Crippen MR) is 102 cm³/mol. The first-order valence-corrected chi connectivity index (χ1v) is 9.24. The number of nitrogens with zero attached hydrogens (tertiary/aromatic N) is 4. The van der Waals surface area contributed by atoms with Gasteiger partial charge in [-0.3, -0.25) is 4.79 Å². The topological polar surface area (TPSA) is 60.2 Å². The molecular weight excluding hydrogens is 364 g/mol. The Morgan fingerprint density at radius 1 is 1.11 bits per heavy atom. The number of benzene rings is 1. The van der Waals surface area contributed by atoms with Crippen molar-refractivity contribution in [3.63, 3.8) is 0 Å². The molecule has 1 saturated heterocycles. The summed E-state index contributed by atoms with van der Waals surface area (Å²) in [5.74, 6) is 0.0133. The summed E-state index contributed by atoms with van der Waals surface area (Å²) >= 11 is 5.80. The fourth-order valence-electron chi connectivity index (χ4n) is 3.19. The Morgan fingerprint density at radius 3 is 2.52 bits per heavy atom. The lowest BCUT2D eigenvalue weighted by Gasteiger charge is -2.32. The average Bonchev–Trinajstić information content (AvgIpc) is 3.24. The van der Waals surface area contributed by atoms with Gasteiger partial charge in [0.1, 0.15) is 6.10 Å². The van der Waals surface area contributed by atoms with Crippen LogP contribution in [0.3, 0.4) is 0 Å². The van der Waals surface area contributed by atoms with Crippen LogP contribution in [-0.4, -0.2) is 44.5 Å². The Morgan fingerprint density at radius 2 is 1.81 bits per heavy atom. The van der Waals surface area contributed by atoms with E-state index in [1.165, 1.54) is 12.4 Å². The molecule has 3 aromatic rings. The van der Waals surface area contributed by atoms with Crippen molar-refractivity contribution < 1.29 is 9.53 Å². The molecule has 0 N–H and O–H groups in total. The van der Waals surface area contributed by atoms with Crippen molar-refractivity contribution in [2.45, 2.75) is 18.9 Å². The molecule has 2 aromatic heterocycles. The lowest BCUT2D eigenvalue weighted by atomic mass is 10.1. The van der Waals surface area contributed by atoms with E-state index in [0.717, 1.165) is 25.1 Å². The summed E-state index contributed by atoms with van der Waals surface area (Å²) in [5.41, 5.74) is 1.70. The van der Waals surface area contributed by atoms with Gasteiger partial charge in [-0.2, -0.15) is 0 Å².